The number of nitrogen functional groups attached to an aromatic ring is 1. The Balaban J connectivity index is 1.67. The summed E-state index contributed by atoms with van der Waals surface area (Å²) < 4.78 is 8.37. The summed E-state index contributed by atoms with van der Waals surface area (Å²) in [6.07, 6.45) is 5.47. The summed E-state index contributed by atoms with van der Waals surface area (Å²) in [5, 5.41) is 6.10. The van der Waals surface area contributed by atoms with Gasteiger partial charge in [-0.3, -0.25) is 9.78 Å². The van der Waals surface area contributed by atoms with Gasteiger partial charge in [-0.1, -0.05) is 17.7 Å². The monoisotopic (exact) mass is 519 g/mol. The van der Waals surface area contributed by atoms with Crippen LogP contribution in [0.15, 0.2) is 30.7 Å². The SMILES string of the molecule is Cc1c(Cl)cc(C(C)n2nc(C)c3c(N)ncnc32)c(OCC2CC2)c1-c1ccc(C(=O)N(C)C)nc1. The van der Waals surface area contributed by atoms with E-state index < -0.39 is 0 Å². The molecule has 2 N–H and O–H groups in total. The number of nitrogens with zero attached hydrogens (tertiary/aromatic N) is 6. The second-order valence-electron chi connectivity index (χ2n) is 9.83. The summed E-state index contributed by atoms with van der Waals surface area (Å²) in [4.78, 5) is 26.9. The topological polar surface area (TPSA) is 112 Å². The molecule has 3 heterocycles. The summed E-state index contributed by atoms with van der Waals surface area (Å²) in [5.41, 5.74) is 11.3. The first-order valence-corrected chi connectivity index (χ1v) is 12.6. The van der Waals surface area contributed by atoms with E-state index in [4.69, 9.17) is 27.2 Å². The first kappa shape index (κ1) is 25.0. The highest BCUT2D eigenvalue weighted by Gasteiger charge is 2.28. The number of nitrogens with two attached hydrogens (primary N) is 1. The smallest absolute Gasteiger partial charge is 0.271 e. The summed E-state index contributed by atoms with van der Waals surface area (Å²) in [7, 11) is 3.41. The molecule has 3 aromatic heterocycles. The minimum Gasteiger partial charge on any atom is -0.492 e. The number of halogens is 1. The fraction of sp³-hybridized carbons (Fsp3) is 0.370. The van der Waals surface area contributed by atoms with Gasteiger partial charge in [-0.2, -0.15) is 5.10 Å². The standard InChI is InChI=1S/C27H30ClN7O2/c1-14-20(28)10-19(16(3)35-26-23(15(2)33-35)25(29)31-13-32-26)24(37-12-17-6-7-17)22(14)18-8-9-21(30-11-18)27(36)34(4)5/h8-11,13,16-17H,6-7,12H2,1-5H3,(H2,29,31,32). The minimum atomic E-state index is -0.265. The van der Waals surface area contributed by atoms with E-state index in [0.717, 1.165) is 51.9 Å². The Labute approximate surface area is 220 Å². The molecule has 0 spiro atoms. The van der Waals surface area contributed by atoms with E-state index in [2.05, 4.69) is 15.0 Å². The second kappa shape index (κ2) is 9.63. The van der Waals surface area contributed by atoms with Gasteiger partial charge in [0.1, 0.15) is 23.6 Å². The van der Waals surface area contributed by atoms with Gasteiger partial charge in [0, 0.05) is 42.0 Å². The van der Waals surface area contributed by atoms with Crippen LogP contribution >= 0.6 is 11.6 Å². The minimum absolute atomic E-state index is 0.156. The number of rotatable bonds is 7. The van der Waals surface area contributed by atoms with E-state index in [1.54, 1.807) is 26.4 Å². The van der Waals surface area contributed by atoms with Crippen LogP contribution in [0.1, 0.15) is 53.1 Å². The molecule has 1 saturated carbocycles. The molecule has 37 heavy (non-hydrogen) atoms. The lowest BCUT2D eigenvalue weighted by molar-refractivity contribution is 0.0822. The number of carbonyl (C=O) groups is 1. The normalized spacial score (nSPS) is 14.1. The number of anilines is 1. The largest absolute Gasteiger partial charge is 0.492 e. The van der Waals surface area contributed by atoms with Gasteiger partial charge < -0.3 is 15.4 Å². The number of hydrogen-bond acceptors (Lipinski definition) is 7. The van der Waals surface area contributed by atoms with Gasteiger partial charge in [0.15, 0.2) is 5.65 Å². The predicted octanol–water partition coefficient (Wildman–Crippen LogP) is 4.84. The van der Waals surface area contributed by atoms with Crippen LogP contribution in [0.5, 0.6) is 5.75 Å². The van der Waals surface area contributed by atoms with Crippen LogP contribution in [-0.2, 0) is 0 Å². The van der Waals surface area contributed by atoms with Gasteiger partial charge in [0.2, 0.25) is 0 Å². The molecule has 0 bridgehead atoms. The van der Waals surface area contributed by atoms with E-state index in [1.807, 2.05) is 37.6 Å². The van der Waals surface area contributed by atoms with Crippen LogP contribution in [0, 0.1) is 19.8 Å². The van der Waals surface area contributed by atoms with Crippen molar-refractivity contribution in [2.75, 3.05) is 26.4 Å². The van der Waals surface area contributed by atoms with Crippen molar-refractivity contribution in [1.82, 2.24) is 29.6 Å². The summed E-state index contributed by atoms with van der Waals surface area (Å²) in [6.45, 7) is 6.52. The molecule has 1 aromatic carbocycles. The van der Waals surface area contributed by atoms with Gasteiger partial charge >= 0.3 is 0 Å². The van der Waals surface area contributed by atoms with Crippen LogP contribution in [0.25, 0.3) is 22.2 Å². The average Bonchev–Trinajstić information content (AvgIpc) is 3.65. The first-order chi connectivity index (χ1) is 17.7. The molecule has 10 heteroatoms. The molecule has 1 fully saturated rings. The Morgan fingerprint density at radius 1 is 1.24 bits per heavy atom. The number of fused-ring (bicyclic) bond motifs is 1. The van der Waals surface area contributed by atoms with Crippen molar-refractivity contribution in [3.05, 3.63) is 58.3 Å². The molecule has 1 unspecified atom stereocenters. The molecule has 1 aliphatic carbocycles. The number of aryl methyl sites for hydroxylation is 1. The maximum absolute atomic E-state index is 12.4. The first-order valence-electron chi connectivity index (χ1n) is 12.3. The van der Waals surface area contributed by atoms with Crippen LogP contribution in [0.3, 0.4) is 0 Å². The van der Waals surface area contributed by atoms with Crippen molar-refractivity contribution in [2.24, 2.45) is 5.92 Å². The Bertz CT molecular complexity index is 1490. The van der Waals surface area contributed by atoms with E-state index in [-0.39, 0.29) is 11.9 Å². The fourth-order valence-corrected chi connectivity index (χ4v) is 4.72. The molecule has 0 aliphatic heterocycles. The van der Waals surface area contributed by atoms with Gasteiger partial charge in [-0.05, 0) is 57.2 Å². The highest BCUT2D eigenvalue weighted by molar-refractivity contribution is 6.32. The number of ether oxygens (including phenoxy) is 1. The van der Waals surface area contributed by atoms with Crippen molar-refractivity contribution in [3.63, 3.8) is 0 Å². The molecule has 1 amide bonds. The second-order valence-corrected chi connectivity index (χ2v) is 10.2. The zero-order valence-corrected chi connectivity index (χ0v) is 22.4. The Hall–Kier alpha value is -3.72. The summed E-state index contributed by atoms with van der Waals surface area (Å²) >= 11 is 6.81. The van der Waals surface area contributed by atoms with Crippen molar-refractivity contribution in [1.29, 1.82) is 0 Å². The molecule has 1 aliphatic rings. The summed E-state index contributed by atoms with van der Waals surface area (Å²) in [5.74, 6) is 1.52. The fourth-order valence-electron chi connectivity index (χ4n) is 4.51. The van der Waals surface area contributed by atoms with Crippen LogP contribution in [0.2, 0.25) is 5.02 Å². The van der Waals surface area contributed by atoms with E-state index >= 15 is 0 Å². The van der Waals surface area contributed by atoms with E-state index in [9.17, 15) is 4.79 Å². The molecule has 0 saturated heterocycles. The van der Waals surface area contributed by atoms with E-state index in [1.165, 1.54) is 11.2 Å². The maximum atomic E-state index is 12.4. The number of pyridine rings is 1. The van der Waals surface area contributed by atoms with E-state index in [0.29, 0.717) is 34.7 Å². The lowest BCUT2D eigenvalue weighted by atomic mass is 9.94. The molecule has 5 rings (SSSR count). The van der Waals surface area contributed by atoms with Gasteiger partial charge in [-0.25, -0.2) is 14.6 Å². The van der Waals surface area contributed by atoms with Gasteiger partial charge in [-0.15, -0.1) is 0 Å². The Morgan fingerprint density at radius 2 is 2.00 bits per heavy atom. The quantitative estimate of drug-likeness (QED) is 0.371. The van der Waals surface area contributed by atoms with Crippen molar-refractivity contribution in [3.8, 4) is 16.9 Å². The predicted molar refractivity (Wildman–Crippen MR) is 144 cm³/mol. The average molecular weight is 520 g/mol. The maximum Gasteiger partial charge on any atom is 0.271 e. The van der Waals surface area contributed by atoms with Crippen LogP contribution in [-0.4, -0.2) is 56.2 Å². The lowest BCUT2D eigenvalue weighted by Crippen LogP contribution is -2.22. The lowest BCUT2D eigenvalue weighted by Gasteiger charge is -2.23. The number of carbonyl (C=O) groups excluding carboxylic acids is 1. The van der Waals surface area contributed by atoms with Gasteiger partial charge in [0.05, 0.1) is 23.7 Å². The molecule has 0 radical (unpaired) electrons. The number of benzene rings is 1. The number of amides is 1. The number of hydrogen-bond donors (Lipinski definition) is 1. The molecule has 4 aromatic rings. The highest BCUT2D eigenvalue weighted by atomic mass is 35.5. The highest BCUT2D eigenvalue weighted by Crippen LogP contribution is 2.44. The number of aromatic nitrogens is 5. The summed E-state index contributed by atoms with van der Waals surface area (Å²) in [6, 6.07) is 5.30. The molecule has 1 atom stereocenters. The van der Waals surface area contributed by atoms with Crippen molar-refractivity contribution >= 4 is 34.4 Å². The molecule has 192 valence electrons. The van der Waals surface area contributed by atoms with Crippen LogP contribution < -0.4 is 10.5 Å². The third kappa shape index (κ3) is 4.59. The molecular weight excluding hydrogens is 490 g/mol. The molecular formula is C27H30ClN7O2. The van der Waals surface area contributed by atoms with Crippen molar-refractivity contribution < 1.29 is 9.53 Å². The van der Waals surface area contributed by atoms with Gasteiger partial charge in [0.25, 0.3) is 5.91 Å². The van der Waals surface area contributed by atoms with Crippen LogP contribution in [0.4, 0.5) is 5.82 Å². The Kier molecular flexibility index (Phi) is 6.49. The third-order valence-electron chi connectivity index (χ3n) is 6.85. The van der Waals surface area contributed by atoms with Crippen molar-refractivity contribution in [2.45, 2.75) is 39.7 Å². The molecule has 9 nitrogen and oxygen atoms in total. The third-order valence-corrected chi connectivity index (χ3v) is 7.25. The zero-order chi connectivity index (χ0) is 26.4. The zero-order valence-electron chi connectivity index (χ0n) is 21.6. The Morgan fingerprint density at radius 3 is 2.65 bits per heavy atom.